The standard InChI is InChI=1S/C26H33N3O5S/c1-17(2)27-16-24-28(35(32,33)23-14-18(3)6-7-19(23)4)13-12-25(30)29(24)22(26(27)31)15-20-8-10-21(34-5)11-9-20/h6-11,14,17,22,24H,12-13,15-16H2,1-5H3. The molecule has 0 aromatic heterocycles. The van der Waals surface area contributed by atoms with Crippen molar-refractivity contribution in [3.63, 3.8) is 0 Å². The lowest BCUT2D eigenvalue weighted by molar-refractivity contribution is -0.166. The number of methoxy groups -OCH3 is 1. The number of amides is 2. The van der Waals surface area contributed by atoms with E-state index in [-0.39, 0.29) is 42.3 Å². The molecular formula is C26H33N3O5S. The molecule has 2 saturated heterocycles. The van der Waals surface area contributed by atoms with E-state index >= 15 is 0 Å². The zero-order chi connectivity index (χ0) is 25.5. The van der Waals surface area contributed by atoms with Crippen LogP contribution >= 0.6 is 0 Å². The van der Waals surface area contributed by atoms with E-state index in [1.807, 2.05) is 51.1 Å². The summed E-state index contributed by atoms with van der Waals surface area (Å²) in [5.41, 5.74) is 2.37. The van der Waals surface area contributed by atoms with Gasteiger partial charge in [-0.25, -0.2) is 8.42 Å². The Labute approximate surface area is 207 Å². The van der Waals surface area contributed by atoms with Gasteiger partial charge in [0.05, 0.1) is 18.6 Å². The zero-order valence-corrected chi connectivity index (χ0v) is 21.7. The first-order chi connectivity index (χ1) is 16.5. The van der Waals surface area contributed by atoms with Crippen molar-refractivity contribution in [2.75, 3.05) is 20.2 Å². The van der Waals surface area contributed by atoms with E-state index in [1.54, 1.807) is 31.1 Å². The lowest BCUT2D eigenvalue weighted by Crippen LogP contribution is -2.72. The number of hydrogen-bond donors (Lipinski definition) is 0. The normalized spacial score (nSPS) is 21.4. The molecule has 9 heteroatoms. The van der Waals surface area contributed by atoms with Crippen LogP contribution < -0.4 is 4.74 Å². The number of benzene rings is 2. The highest BCUT2D eigenvalue weighted by molar-refractivity contribution is 7.89. The summed E-state index contributed by atoms with van der Waals surface area (Å²) in [5, 5.41) is 0. The number of sulfonamides is 1. The van der Waals surface area contributed by atoms with Crippen LogP contribution in [0.2, 0.25) is 0 Å². The van der Waals surface area contributed by atoms with Gasteiger partial charge in [0, 0.05) is 25.4 Å². The Kier molecular flexibility index (Phi) is 6.92. The number of hydrogen-bond acceptors (Lipinski definition) is 5. The summed E-state index contributed by atoms with van der Waals surface area (Å²) in [6.07, 6.45) is -0.426. The van der Waals surface area contributed by atoms with Crippen molar-refractivity contribution in [2.24, 2.45) is 0 Å². The molecule has 0 radical (unpaired) electrons. The summed E-state index contributed by atoms with van der Waals surface area (Å²) >= 11 is 0. The third kappa shape index (κ3) is 4.67. The lowest BCUT2D eigenvalue weighted by Gasteiger charge is -2.52. The molecule has 0 aliphatic carbocycles. The molecular weight excluding hydrogens is 466 g/mol. The van der Waals surface area contributed by atoms with Gasteiger partial charge in [-0.1, -0.05) is 24.3 Å². The molecule has 2 fully saturated rings. The number of ether oxygens (including phenoxy) is 1. The summed E-state index contributed by atoms with van der Waals surface area (Å²) in [7, 11) is -2.31. The molecule has 2 aliphatic heterocycles. The molecule has 2 amide bonds. The van der Waals surface area contributed by atoms with Gasteiger partial charge >= 0.3 is 0 Å². The van der Waals surface area contributed by atoms with Gasteiger partial charge in [-0.3, -0.25) is 9.59 Å². The second-order valence-electron chi connectivity index (χ2n) is 9.57. The highest BCUT2D eigenvalue weighted by atomic mass is 32.2. The molecule has 0 saturated carbocycles. The molecule has 4 rings (SSSR count). The van der Waals surface area contributed by atoms with Crippen LogP contribution in [0.25, 0.3) is 0 Å². The second kappa shape index (κ2) is 9.62. The summed E-state index contributed by atoms with van der Waals surface area (Å²) < 4.78 is 34.4. The molecule has 188 valence electrons. The van der Waals surface area contributed by atoms with Crippen LogP contribution in [0, 0.1) is 13.8 Å². The second-order valence-corrected chi connectivity index (χ2v) is 11.4. The number of carbonyl (C=O) groups excluding carboxylic acids is 2. The van der Waals surface area contributed by atoms with Crippen LogP contribution in [0.4, 0.5) is 0 Å². The Morgan fingerprint density at radius 1 is 1.06 bits per heavy atom. The average molecular weight is 500 g/mol. The third-order valence-corrected chi connectivity index (χ3v) is 8.93. The Hall–Kier alpha value is -2.91. The first-order valence-corrected chi connectivity index (χ1v) is 13.3. The quantitative estimate of drug-likeness (QED) is 0.610. The smallest absolute Gasteiger partial charge is 0.246 e. The summed E-state index contributed by atoms with van der Waals surface area (Å²) in [6, 6.07) is 11.8. The fourth-order valence-electron chi connectivity index (χ4n) is 4.95. The third-order valence-electron chi connectivity index (χ3n) is 6.89. The Morgan fingerprint density at radius 3 is 2.37 bits per heavy atom. The number of piperazine rings is 1. The van der Waals surface area contributed by atoms with Gasteiger partial charge in [0.15, 0.2) is 0 Å². The predicted molar refractivity (Wildman–Crippen MR) is 132 cm³/mol. The van der Waals surface area contributed by atoms with Crippen LogP contribution in [0.3, 0.4) is 0 Å². The van der Waals surface area contributed by atoms with Gasteiger partial charge in [0.25, 0.3) is 0 Å². The van der Waals surface area contributed by atoms with E-state index in [0.29, 0.717) is 17.7 Å². The van der Waals surface area contributed by atoms with Crippen LogP contribution in [0.15, 0.2) is 47.4 Å². The van der Waals surface area contributed by atoms with Gasteiger partial charge in [-0.15, -0.1) is 0 Å². The minimum atomic E-state index is -3.90. The summed E-state index contributed by atoms with van der Waals surface area (Å²) in [6.45, 7) is 7.68. The summed E-state index contributed by atoms with van der Waals surface area (Å²) in [4.78, 5) is 30.2. The molecule has 0 bridgehead atoms. The van der Waals surface area contributed by atoms with Gasteiger partial charge in [-0.05, 0) is 62.6 Å². The van der Waals surface area contributed by atoms with E-state index in [2.05, 4.69) is 0 Å². The molecule has 2 unspecified atom stereocenters. The van der Waals surface area contributed by atoms with Crippen molar-refractivity contribution < 1.29 is 22.7 Å². The van der Waals surface area contributed by atoms with Gasteiger partial charge in [0.1, 0.15) is 18.0 Å². The fourth-order valence-corrected chi connectivity index (χ4v) is 6.84. The predicted octanol–water partition coefficient (Wildman–Crippen LogP) is 2.72. The number of rotatable bonds is 6. The van der Waals surface area contributed by atoms with Crippen molar-refractivity contribution in [3.8, 4) is 5.75 Å². The van der Waals surface area contributed by atoms with E-state index < -0.39 is 22.2 Å². The zero-order valence-electron chi connectivity index (χ0n) is 20.9. The van der Waals surface area contributed by atoms with E-state index in [4.69, 9.17) is 4.74 Å². The molecule has 2 heterocycles. The molecule has 0 N–H and O–H groups in total. The highest BCUT2D eigenvalue weighted by Gasteiger charge is 2.51. The number of carbonyl (C=O) groups is 2. The van der Waals surface area contributed by atoms with Crippen molar-refractivity contribution in [3.05, 3.63) is 59.2 Å². The number of nitrogens with zero attached hydrogens (tertiary/aromatic N) is 3. The Bertz CT molecular complexity index is 1230. The molecule has 2 aromatic rings. The molecule has 2 atom stereocenters. The highest BCUT2D eigenvalue weighted by Crippen LogP contribution is 2.33. The van der Waals surface area contributed by atoms with Gasteiger partial charge in [0.2, 0.25) is 21.8 Å². The Balaban J connectivity index is 1.75. The molecule has 35 heavy (non-hydrogen) atoms. The van der Waals surface area contributed by atoms with Crippen LogP contribution in [0.1, 0.15) is 37.0 Å². The van der Waals surface area contributed by atoms with Crippen molar-refractivity contribution >= 4 is 21.8 Å². The minimum Gasteiger partial charge on any atom is -0.497 e. The fraction of sp³-hybridized carbons (Fsp3) is 0.462. The van der Waals surface area contributed by atoms with Crippen molar-refractivity contribution in [2.45, 2.75) is 63.7 Å². The van der Waals surface area contributed by atoms with E-state index in [9.17, 15) is 18.0 Å². The van der Waals surface area contributed by atoms with Crippen molar-refractivity contribution in [1.29, 1.82) is 0 Å². The van der Waals surface area contributed by atoms with Gasteiger partial charge in [-0.2, -0.15) is 4.31 Å². The lowest BCUT2D eigenvalue weighted by atomic mass is 9.97. The maximum atomic E-state index is 13.9. The SMILES string of the molecule is COc1ccc(CC2C(=O)N(C(C)C)CC3N2C(=O)CCN3S(=O)(=O)c2cc(C)ccc2C)cc1. The molecule has 8 nitrogen and oxygen atoms in total. The monoisotopic (exact) mass is 499 g/mol. The number of aryl methyl sites for hydroxylation is 2. The maximum Gasteiger partial charge on any atom is 0.246 e. The van der Waals surface area contributed by atoms with Crippen LogP contribution in [-0.2, 0) is 26.0 Å². The van der Waals surface area contributed by atoms with Crippen LogP contribution in [0.5, 0.6) is 5.75 Å². The van der Waals surface area contributed by atoms with Crippen LogP contribution in [-0.4, -0.2) is 72.8 Å². The molecule has 2 aromatic carbocycles. The molecule has 0 spiro atoms. The van der Waals surface area contributed by atoms with Gasteiger partial charge < -0.3 is 14.5 Å². The topological polar surface area (TPSA) is 87.2 Å². The minimum absolute atomic E-state index is 0.0364. The molecule has 2 aliphatic rings. The first kappa shape index (κ1) is 25.2. The largest absolute Gasteiger partial charge is 0.497 e. The summed E-state index contributed by atoms with van der Waals surface area (Å²) in [5.74, 6) is 0.342. The van der Waals surface area contributed by atoms with Crippen molar-refractivity contribution in [1.82, 2.24) is 14.1 Å². The van der Waals surface area contributed by atoms with E-state index in [0.717, 1.165) is 11.1 Å². The first-order valence-electron chi connectivity index (χ1n) is 11.9. The Morgan fingerprint density at radius 2 is 1.74 bits per heavy atom. The average Bonchev–Trinajstić information content (AvgIpc) is 2.82. The maximum absolute atomic E-state index is 13.9. The van der Waals surface area contributed by atoms with E-state index in [1.165, 1.54) is 9.21 Å². The number of fused-ring (bicyclic) bond motifs is 1.